The summed E-state index contributed by atoms with van der Waals surface area (Å²) in [4.78, 5) is 25.4. The summed E-state index contributed by atoms with van der Waals surface area (Å²) in [5.41, 5.74) is 3.39. The van der Waals surface area contributed by atoms with Crippen molar-refractivity contribution in [2.75, 3.05) is 12.1 Å². The number of carbonyl (C=O) groups is 1. The molecular formula is C23H20N4O4. The molecule has 2 aromatic heterocycles. The van der Waals surface area contributed by atoms with E-state index in [1.165, 1.54) is 9.08 Å². The molecule has 1 aliphatic heterocycles. The molecular weight excluding hydrogens is 396 g/mol. The van der Waals surface area contributed by atoms with E-state index in [9.17, 15) is 9.59 Å². The summed E-state index contributed by atoms with van der Waals surface area (Å²) in [6.07, 6.45) is 4.11. The molecule has 2 aromatic carbocycles. The molecule has 156 valence electrons. The number of hydrogen-bond donors (Lipinski definition) is 1. The number of benzene rings is 2. The second-order valence-corrected chi connectivity index (χ2v) is 7.26. The zero-order valence-electron chi connectivity index (χ0n) is 16.9. The molecule has 1 amide bonds. The lowest BCUT2D eigenvalue weighted by Crippen LogP contribution is -2.28. The fourth-order valence-electron chi connectivity index (χ4n) is 3.57. The lowest BCUT2D eigenvalue weighted by molar-refractivity contribution is -0.116. The predicted molar refractivity (Wildman–Crippen MR) is 115 cm³/mol. The third-order valence-corrected chi connectivity index (χ3v) is 5.20. The van der Waals surface area contributed by atoms with Crippen LogP contribution in [0.15, 0.2) is 65.7 Å². The number of fused-ring (bicyclic) bond motifs is 2. The fourth-order valence-corrected chi connectivity index (χ4v) is 3.57. The number of nitrogens with one attached hydrogen (secondary N) is 1. The molecule has 1 N–H and O–H groups in total. The Balaban J connectivity index is 1.39. The van der Waals surface area contributed by atoms with Crippen LogP contribution in [-0.4, -0.2) is 26.9 Å². The van der Waals surface area contributed by atoms with E-state index in [0.717, 1.165) is 17.5 Å². The van der Waals surface area contributed by atoms with Gasteiger partial charge in [-0.1, -0.05) is 19.1 Å². The Labute approximate surface area is 177 Å². The highest BCUT2D eigenvalue weighted by Crippen LogP contribution is 2.35. The van der Waals surface area contributed by atoms with Crippen LogP contribution in [0.1, 0.15) is 12.5 Å². The highest BCUT2D eigenvalue weighted by molar-refractivity contribution is 5.90. The van der Waals surface area contributed by atoms with Crippen LogP contribution in [-0.2, 0) is 17.8 Å². The topological polar surface area (TPSA) is 86.9 Å². The molecule has 3 heterocycles. The maximum atomic E-state index is 12.9. The lowest BCUT2D eigenvalue weighted by atomic mass is 10.1. The molecule has 0 aliphatic carbocycles. The van der Waals surface area contributed by atoms with Gasteiger partial charge in [-0.15, -0.1) is 0 Å². The quantitative estimate of drug-likeness (QED) is 0.540. The smallest absolute Gasteiger partial charge is 0.277 e. The van der Waals surface area contributed by atoms with E-state index < -0.39 is 0 Å². The zero-order valence-corrected chi connectivity index (χ0v) is 16.9. The fraction of sp³-hybridized carbons (Fsp3) is 0.174. The van der Waals surface area contributed by atoms with E-state index in [-0.39, 0.29) is 24.8 Å². The average Bonchev–Trinajstić information content (AvgIpc) is 3.42. The van der Waals surface area contributed by atoms with Crippen LogP contribution >= 0.6 is 0 Å². The van der Waals surface area contributed by atoms with Gasteiger partial charge in [0.25, 0.3) is 5.56 Å². The van der Waals surface area contributed by atoms with Gasteiger partial charge in [0.2, 0.25) is 12.7 Å². The summed E-state index contributed by atoms with van der Waals surface area (Å²) in [6, 6.07) is 14.9. The van der Waals surface area contributed by atoms with Crippen molar-refractivity contribution in [3.63, 3.8) is 0 Å². The average molecular weight is 416 g/mol. The summed E-state index contributed by atoms with van der Waals surface area (Å²) in [7, 11) is 0. The highest BCUT2D eigenvalue weighted by Gasteiger charge is 2.16. The summed E-state index contributed by atoms with van der Waals surface area (Å²) in [5, 5.41) is 7.33. The molecule has 31 heavy (non-hydrogen) atoms. The number of aryl methyl sites for hydroxylation is 1. The van der Waals surface area contributed by atoms with Gasteiger partial charge in [-0.25, -0.2) is 4.52 Å². The summed E-state index contributed by atoms with van der Waals surface area (Å²) >= 11 is 0. The van der Waals surface area contributed by atoms with Crippen LogP contribution in [0.25, 0.3) is 16.8 Å². The first kappa shape index (κ1) is 18.9. The van der Waals surface area contributed by atoms with Crippen LogP contribution < -0.4 is 20.3 Å². The number of amides is 1. The van der Waals surface area contributed by atoms with E-state index in [1.807, 2.05) is 42.5 Å². The SMILES string of the molecule is CCc1cccc(NC(=O)Cn2ccn3nc(-c4ccc5c(c4)OCO5)cc3c2=O)c1. The van der Waals surface area contributed by atoms with Crippen molar-refractivity contribution in [1.29, 1.82) is 0 Å². The highest BCUT2D eigenvalue weighted by atomic mass is 16.7. The first-order valence-corrected chi connectivity index (χ1v) is 9.98. The van der Waals surface area contributed by atoms with Crippen molar-refractivity contribution in [2.45, 2.75) is 19.9 Å². The molecule has 0 radical (unpaired) electrons. The Morgan fingerprint density at radius 3 is 2.84 bits per heavy atom. The van der Waals surface area contributed by atoms with Crippen LogP contribution in [0.4, 0.5) is 5.69 Å². The number of hydrogen-bond acceptors (Lipinski definition) is 5. The molecule has 0 spiro atoms. The number of anilines is 1. The van der Waals surface area contributed by atoms with Gasteiger partial charge in [0.05, 0.1) is 5.69 Å². The van der Waals surface area contributed by atoms with Gasteiger partial charge in [0, 0.05) is 23.6 Å². The van der Waals surface area contributed by atoms with Gasteiger partial charge in [-0.05, 0) is 48.4 Å². The molecule has 0 fully saturated rings. The number of ether oxygens (including phenoxy) is 2. The molecule has 0 saturated heterocycles. The second kappa shape index (κ2) is 7.64. The lowest BCUT2D eigenvalue weighted by Gasteiger charge is -2.08. The Morgan fingerprint density at radius 1 is 1.10 bits per heavy atom. The minimum atomic E-state index is -0.292. The van der Waals surface area contributed by atoms with E-state index in [0.29, 0.717) is 28.4 Å². The first-order valence-electron chi connectivity index (χ1n) is 9.98. The van der Waals surface area contributed by atoms with Gasteiger partial charge in [-0.3, -0.25) is 9.59 Å². The van der Waals surface area contributed by atoms with Crippen molar-refractivity contribution in [1.82, 2.24) is 14.2 Å². The van der Waals surface area contributed by atoms with Crippen molar-refractivity contribution < 1.29 is 14.3 Å². The van der Waals surface area contributed by atoms with Crippen LogP contribution in [0, 0.1) is 0 Å². The summed E-state index contributed by atoms with van der Waals surface area (Å²) < 4.78 is 13.6. The third-order valence-electron chi connectivity index (χ3n) is 5.20. The number of aromatic nitrogens is 3. The molecule has 8 heteroatoms. The van der Waals surface area contributed by atoms with E-state index in [1.54, 1.807) is 18.5 Å². The Bertz CT molecular complexity index is 1360. The van der Waals surface area contributed by atoms with E-state index in [2.05, 4.69) is 17.3 Å². The van der Waals surface area contributed by atoms with Gasteiger partial charge in [0.15, 0.2) is 11.5 Å². The number of nitrogens with zero attached hydrogens (tertiary/aromatic N) is 3. The van der Waals surface area contributed by atoms with Gasteiger partial charge >= 0.3 is 0 Å². The second-order valence-electron chi connectivity index (χ2n) is 7.26. The van der Waals surface area contributed by atoms with Gasteiger partial charge in [0.1, 0.15) is 12.1 Å². The molecule has 0 unspecified atom stereocenters. The van der Waals surface area contributed by atoms with Crippen molar-refractivity contribution in [3.8, 4) is 22.8 Å². The zero-order chi connectivity index (χ0) is 21.4. The molecule has 0 bridgehead atoms. The molecule has 8 nitrogen and oxygen atoms in total. The largest absolute Gasteiger partial charge is 0.454 e. The normalized spacial score (nSPS) is 12.3. The van der Waals surface area contributed by atoms with E-state index >= 15 is 0 Å². The molecule has 5 rings (SSSR count). The first-order chi connectivity index (χ1) is 15.1. The third kappa shape index (κ3) is 3.63. The van der Waals surface area contributed by atoms with Crippen molar-refractivity contribution in [3.05, 3.63) is 76.8 Å². The van der Waals surface area contributed by atoms with Crippen molar-refractivity contribution >= 4 is 17.1 Å². The maximum Gasteiger partial charge on any atom is 0.277 e. The van der Waals surface area contributed by atoms with E-state index in [4.69, 9.17) is 9.47 Å². The Morgan fingerprint density at radius 2 is 1.97 bits per heavy atom. The summed E-state index contributed by atoms with van der Waals surface area (Å²) in [5.74, 6) is 1.07. The minimum absolute atomic E-state index is 0.0871. The monoisotopic (exact) mass is 416 g/mol. The number of carbonyl (C=O) groups excluding carboxylic acids is 1. The molecule has 0 atom stereocenters. The predicted octanol–water partition coefficient (Wildman–Crippen LogP) is 3.09. The Kier molecular flexibility index (Phi) is 4.66. The van der Waals surface area contributed by atoms with Gasteiger partial charge in [-0.2, -0.15) is 5.10 Å². The standard InChI is InChI=1S/C23H20N4O4/c1-2-15-4-3-5-17(10-15)24-22(28)13-26-8-9-27-19(23(26)29)12-18(25-27)16-6-7-20-21(11-16)31-14-30-20/h3-12H,2,13-14H2,1H3,(H,24,28). The summed E-state index contributed by atoms with van der Waals surface area (Å²) in [6.45, 7) is 2.16. The minimum Gasteiger partial charge on any atom is -0.454 e. The molecule has 1 aliphatic rings. The number of rotatable bonds is 5. The van der Waals surface area contributed by atoms with Gasteiger partial charge < -0.3 is 19.4 Å². The molecule has 4 aromatic rings. The maximum absolute atomic E-state index is 12.9. The Hall–Kier alpha value is -4.07. The van der Waals surface area contributed by atoms with Crippen LogP contribution in [0.2, 0.25) is 0 Å². The van der Waals surface area contributed by atoms with Crippen LogP contribution in [0.3, 0.4) is 0 Å². The van der Waals surface area contributed by atoms with Crippen LogP contribution in [0.5, 0.6) is 11.5 Å². The molecule has 0 saturated carbocycles. The van der Waals surface area contributed by atoms with Crippen molar-refractivity contribution in [2.24, 2.45) is 0 Å².